The molecule has 0 bridgehead atoms. The number of ether oxygens (including phenoxy) is 1. The Hall–Kier alpha value is -2.17. The molecular formula is C20H21NO3. The van der Waals surface area contributed by atoms with E-state index in [1.54, 1.807) is 0 Å². The Labute approximate surface area is 141 Å². The molecule has 2 aromatic rings. The van der Waals surface area contributed by atoms with E-state index < -0.39 is 0 Å². The van der Waals surface area contributed by atoms with Gasteiger partial charge >= 0.3 is 0 Å². The van der Waals surface area contributed by atoms with Crippen LogP contribution in [0, 0.1) is 5.92 Å². The van der Waals surface area contributed by atoms with Crippen LogP contribution in [0.3, 0.4) is 0 Å². The number of fused-ring (bicyclic) bond motifs is 1. The molecule has 1 saturated carbocycles. The van der Waals surface area contributed by atoms with Crippen molar-refractivity contribution in [3.8, 4) is 11.1 Å². The van der Waals surface area contributed by atoms with E-state index >= 15 is 0 Å². The Bertz CT molecular complexity index is 767. The van der Waals surface area contributed by atoms with Crippen molar-refractivity contribution in [2.45, 2.75) is 26.1 Å². The van der Waals surface area contributed by atoms with Crippen LogP contribution in [-0.4, -0.2) is 24.2 Å². The van der Waals surface area contributed by atoms with Gasteiger partial charge in [0.25, 0.3) is 5.91 Å². The van der Waals surface area contributed by atoms with E-state index in [9.17, 15) is 9.90 Å². The van der Waals surface area contributed by atoms with Gasteiger partial charge < -0.3 is 14.7 Å². The molecule has 0 spiro atoms. The van der Waals surface area contributed by atoms with Crippen LogP contribution in [0.15, 0.2) is 42.5 Å². The van der Waals surface area contributed by atoms with Crippen molar-refractivity contribution in [2.75, 3.05) is 18.1 Å². The first-order valence-corrected chi connectivity index (χ1v) is 8.46. The molecule has 1 N–H and O–H groups in total. The minimum atomic E-state index is 0.0333. The van der Waals surface area contributed by atoms with E-state index in [1.807, 2.05) is 41.3 Å². The fourth-order valence-electron chi connectivity index (χ4n) is 3.21. The molecule has 0 aromatic heterocycles. The average molecular weight is 323 g/mol. The van der Waals surface area contributed by atoms with E-state index in [4.69, 9.17) is 4.74 Å². The number of hydrogen-bond acceptors (Lipinski definition) is 3. The largest absolute Gasteiger partial charge is 0.392 e. The standard InChI is InChI=1S/C20H21NO3/c22-11-15-2-1-3-16(8-15)17-6-7-19-18(9-17)12-24-13-20(23)21(19)10-14-4-5-14/h1-3,6-9,14,22H,4-5,10-13H2. The second-order valence-corrected chi connectivity index (χ2v) is 6.64. The summed E-state index contributed by atoms with van der Waals surface area (Å²) in [6.07, 6.45) is 2.43. The molecule has 4 heteroatoms. The highest BCUT2D eigenvalue weighted by Crippen LogP contribution is 2.35. The van der Waals surface area contributed by atoms with Crippen LogP contribution in [0.2, 0.25) is 0 Å². The summed E-state index contributed by atoms with van der Waals surface area (Å²) in [7, 11) is 0. The average Bonchev–Trinajstić information content (AvgIpc) is 3.44. The number of rotatable bonds is 4. The number of hydrogen-bond donors (Lipinski definition) is 1. The van der Waals surface area contributed by atoms with Gasteiger partial charge in [0.2, 0.25) is 0 Å². The molecule has 2 aliphatic rings. The van der Waals surface area contributed by atoms with Gasteiger partial charge in [-0.2, -0.15) is 0 Å². The molecule has 0 saturated heterocycles. The summed E-state index contributed by atoms with van der Waals surface area (Å²) in [6.45, 7) is 1.44. The molecule has 24 heavy (non-hydrogen) atoms. The monoisotopic (exact) mass is 323 g/mol. The summed E-state index contributed by atoms with van der Waals surface area (Å²) in [5.41, 5.74) is 5.06. The summed E-state index contributed by atoms with van der Waals surface area (Å²) < 4.78 is 5.57. The lowest BCUT2D eigenvalue weighted by Crippen LogP contribution is -2.34. The fourth-order valence-corrected chi connectivity index (χ4v) is 3.21. The molecule has 0 atom stereocenters. The lowest BCUT2D eigenvalue weighted by atomic mass is 10.00. The van der Waals surface area contributed by atoms with Crippen LogP contribution >= 0.6 is 0 Å². The highest BCUT2D eigenvalue weighted by Gasteiger charge is 2.30. The van der Waals surface area contributed by atoms with Crippen molar-refractivity contribution >= 4 is 11.6 Å². The number of nitrogens with zero attached hydrogens (tertiary/aromatic N) is 1. The molecule has 4 rings (SSSR count). The Morgan fingerprint density at radius 3 is 2.71 bits per heavy atom. The van der Waals surface area contributed by atoms with Crippen molar-refractivity contribution in [3.63, 3.8) is 0 Å². The first-order chi connectivity index (χ1) is 11.7. The Balaban J connectivity index is 1.70. The lowest BCUT2D eigenvalue weighted by molar-refractivity contribution is -0.123. The third-order valence-electron chi connectivity index (χ3n) is 4.74. The maximum Gasteiger partial charge on any atom is 0.253 e. The van der Waals surface area contributed by atoms with Crippen LogP contribution in [0.1, 0.15) is 24.0 Å². The van der Waals surface area contributed by atoms with E-state index in [0.717, 1.165) is 34.5 Å². The normalized spacial score (nSPS) is 17.5. The summed E-state index contributed by atoms with van der Waals surface area (Å²) in [4.78, 5) is 14.2. The summed E-state index contributed by atoms with van der Waals surface area (Å²) in [5, 5.41) is 9.33. The van der Waals surface area contributed by atoms with Gasteiger partial charge in [-0.1, -0.05) is 24.3 Å². The summed E-state index contributed by atoms with van der Waals surface area (Å²) in [6, 6.07) is 14.1. The van der Waals surface area contributed by atoms with Crippen molar-refractivity contribution in [1.82, 2.24) is 0 Å². The van der Waals surface area contributed by atoms with Gasteiger partial charge in [-0.3, -0.25) is 4.79 Å². The summed E-state index contributed by atoms with van der Waals surface area (Å²) >= 11 is 0. The number of benzene rings is 2. The van der Waals surface area contributed by atoms with Gasteiger partial charge in [-0.05, 0) is 53.6 Å². The van der Waals surface area contributed by atoms with E-state index in [1.165, 1.54) is 12.8 Å². The molecular weight excluding hydrogens is 302 g/mol. The van der Waals surface area contributed by atoms with Gasteiger partial charge in [0.15, 0.2) is 0 Å². The zero-order valence-electron chi connectivity index (χ0n) is 13.6. The number of aliphatic hydroxyl groups is 1. The van der Waals surface area contributed by atoms with E-state index in [2.05, 4.69) is 6.07 Å². The maximum atomic E-state index is 12.4. The SMILES string of the molecule is O=C1COCc2cc(-c3cccc(CO)c3)ccc2N1CC1CC1. The molecule has 1 amide bonds. The zero-order chi connectivity index (χ0) is 16.5. The van der Waals surface area contributed by atoms with Gasteiger partial charge in [0.05, 0.1) is 13.2 Å². The van der Waals surface area contributed by atoms with E-state index in [0.29, 0.717) is 12.5 Å². The minimum absolute atomic E-state index is 0.0333. The lowest BCUT2D eigenvalue weighted by Gasteiger charge is -2.22. The van der Waals surface area contributed by atoms with Crippen LogP contribution in [0.5, 0.6) is 0 Å². The second-order valence-electron chi connectivity index (χ2n) is 6.64. The Morgan fingerprint density at radius 2 is 1.92 bits per heavy atom. The van der Waals surface area contributed by atoms with Crippen molar-refractivity contribution in [1.29, 1.82) is 0 Å². The third-order valence-corrected chi connectivity index (χ3v) is 4.74. The van der Waals surface area contributed by atoms with Gasteiger partial charge in [0.1, 0.15) is 6.61 Å². The highest BCUT2D eigenvalue weighted by molar-refractivity contribution is 5.96. The molecule has 0 radical (unpaired) electrons. The Morgan fingerprint density at radius 1 is 1.08 bits per heavy atom. The van der Waals surface area contributed by atoms with Crippen LogP contribution in [-0.2, 0) is 22.7 Å². The number of anilines is 1. The first kappa shape index (κ1) is 15.4. The van der Waals surface area contributed by atoms with Crippen molar-refractivity contribution < 1.29 is 14.6 Å². The maximum absolute atomic E-state index is 12.4. The smallest absolute Gasteiger partial charge is 0.253 e. The van der Waals surface area contributed by atoms with Crippen molar-refractivity contribution in [2.24, 2.45) is 5.92 Å². The predicted octanol–water partition coefficient (Wildman–Crippen LogP) is 3.12. The molecule has 124 valence electrons. The van der Waals surface area contributed by atoms with Gasteiger partial charge in [-0.25, -0.2) is 0 Å². The fraction of sp³-hybridized carbons (Fsp3) is 0.350. The minimum Gasteiger partial charge on any atom is -0.392 e. The number of carbonyl (C=O) groups is 1. The summed E-state index contributed by atoms with van der Waals surface area (Å²) in [5.74, 6) is 0.691. The molecule has 4 nitrogen and oxygen atoms in total. The Kier molecular flexibility index (Phi) is 4.08. The van der Waals surface area contributed by atoms with Crippen LogP contribution in [0.4, 0.5) is 5.69 Å². The molecule has 0 unspecified atom stereocenters. The highest BCUT2D eigenvalue weighted by atomic mass is 16.5. The number of aliphatic hydroxyl groups excluding tert-OH is 1. The van der Waals surface area contributed by atoms with Gasteiger partial charge in [0, 0.05) is 17.8 Å². The van der Waals surface area contributed by atoms with Crippen molar-refractivity contribution in [3.05, 3.63) is 53.6 Å². The first-order valence-electron chi connectivity index (χ1n) is 8.46. The molecule has 1 fully saturated rings. The zero-order valence-corrected chi connectivity index (χ0v) is 13.6. The number of carbonyl (C=O) groups excluding carboxylic acids is 1. The second kappa shape index (κ2) is 6.38. The predicted molar refractivity (Wildman–Crippen MR) is 92.5 cm³/mol. The quantitative estimate of drug-likeness (QED) is 0.940. The third kappa shape index (κ3) is 3.07. The van der Waals surface area contributed by atoms with Gasteiger partial charge in [-0.15, -0.1) is 0 Å². The van der Waals surface area contributed by atoms with Crippen LogP contribution in [0.25, 0.3) is 11.1 Å². The molecule has 1 heterocycles. The molecule has 1 aliphatic heterocycles. The topological polar surface area (TPSA) is 49.8 Å². The molecule has 1 aliphatic carbocycles. The van der Waals surface area contributed by atoms with Crippen LogP contribution < -0.4 is 4.90 Å². The number of amides is 1. The van der Waals surface area contributed by atoms with E-state index in [-0.39, 0.29) is 19.1 Å². The molecule has 2 aromatic carbocycles.